The Morgan fingerprint density at radius 1 is 1.05 bits per heavy atom. The summed E-state index contributed by atoms with van der Waals surface area (Å²) in [6.07, 6.45) is 0.536. The van der Waals surface area contributed by atoms with Gasteiger partial charge in [-0.25, -0.2) is 4.39 Å². The van der Waals surface area contributed by atoms with E-state index >= 15 is 0 Å². The van der Waals surface area contributed by atoms with Crippen LogP contribution in [-0.4, -0.2) is 30.3 Å². The Hall–Kier alpha value is -2.00. The van der Waals surface area contributed by atoms with Gasteiger partial charge in [-0.15, -0.1) is 0 Å². The molecule has 0 bridgehead atoms. The highest BCUT2D eigenvalue weighted by molar-refractivity contribution is 6.03. The lowest BCUT2D eigenvalue weighted by Crippen LogP contribution is -2.50. The first-order valence-electron chi connectivity index (χ1n) is 6.95. The van der Waals surface area contributed by atoms with Crippen LogP contribution < -0.4 is 0 Å². The number of halogens is 1. The van der Waals surface area contributed by atoms with Crippen molar-refractivity contribution in [1.82, 2.24) is 4.90 Å². The average Bonchev–Trinajstić information content (AvgIpc) is 2.49. The molecule has 0 fully saturated rings. The second-order valence-corrected chi connectivity index (χ2v) is 5.67. The summed E-state index contributed by atoms with van der Waals surface area (Å²) in [5.74, 6) is -0.197. The average molecular weight is 285 g/mol. The van der Waals surface area contributed by atoms with Crippen molar-refractivity contribution < 1.29 is 9.18 Å². The number of carbonyl (C=O) groups excluding carboxylic acids is 1. The highest BCUT2D eigenvalue weighted by atomic mass is 19.1. The number of carbonyl (C=O) groups is 1. The maximum atomic E-state index is 13.0. The van der Waals surface area contributed by atoms with Gasteiger partial charge in [-0.2, -0.15) is 0 Å². The summed E-state index contributed by atoms with van der Waals surface area (Å²) in [4.78, 5) is 14.8. The van der Waals surface area contributed by atoms with E-state index in [0.29, 0.717) is 12.0 Å². The fourth-order valence-corrected chi connectivity index (χ4v) is 2.34. The van der Waals surface area contributed by atoms with Crippen molar-refractivity contribution in [2.24, 2.45) is 0 Å². The molecule has 0 spiro atoms. The summed E-state index contributed by atoms with van der Waals surface area (Å²) >= 11 is 0. The van der Waals surface area contributed by atoms with Crippen LogP contribution in [0.25, 0.3) is 0 Å². The third-order valence-electron chi connectivity index (χ3n) is 3.97. The van der Waals surface area contributed by atoms with Gasteiger partial charge in [0.15, 0.2) is 5.78 Å². The van der Waals surface area contributed by atoms with E-state index in [2.05, 4.69) is 0 Å². The molecule has 0 aliphatic heterocycles. The molecule has 2 nitrogen and oxygen atoms in total. The van der Waals surface area contributed by atoms with Crippen LogP contribution in [0.4, 0.5) is 4.39 Å². The van der Waals surface area contributed by atoms with Crippen LogP contribution in [0.1, 0.15) is 22.8 Å². The predicted octanol–water partition coefficient (Wildman–Crippen LogP) is 3.57. The van der Waals surface area contributed by atoms with Gasteiger partial charge in [0.05, 0.1) is 5.54 Å². The number of nitrogens with zero attached hydrogens (tertiary/aromatic N) is 1. The molecule has 0 N–H and O–H groups in total. The Bertz CT molecular complexity index is 607. The Balaban J connectivity index is 2.32. The van der Waals surface area contributed by atoms with E-state index in [1.165, 1.54) is 12.1 Å². The Labute approximate surface area is 125 Å². The molecule has 2 aromatic carbocycles. The summed E-state index contributed by atoms with van der Waals surface area (Å²) < 4.78 is 13.0. The molecule has 0 amide bonds. The monoisotopic (exact) mass is 285 g/mol. The van der Waals surface area contributed by atoms with Crippen molar-refractivity contribution in [3.8, 4) is 0 Å². The molecule has 0 aliphatic carbocycles. The normalized spacial score (nSPS) is 14.0. The topological polar surface area (TPSA) is 20.3 Å². The fraction of sp³-hybridized carbons (Fsp3) is 0.278. The highest BCUT2D eigenvalue weighted by Gasteiger charge is 2.36. The molecular weight excluding hydrogens is 265 g/mol. The van der Waals surface area contributed by atoms with Gasteiger partial charge in [-0.05, 0) is 45.1 Å². The lowest BCUT2D eigenvalue weighted by Gasteiger charge is -2.35. The molecule has 0 radical (unpaired) electrons. The minimum atomic E-state index is -0.667. The van der Waals surface area contributed by atoms with Crippen LogP contribution in [0.2, 0.25) is 0 Å². The number of Topliss-reactive ketones (excluding diaryl/α,β-unsaturated/α-hetero) is 1. The zero-order chi connectivity index (χ0) is 15.5. The molecule has 21 heavy (non-hydrogen) atoms. The molecule has 2 aromatic rings. The van der Waals surface area contributed by atoms with Crippen LogP contribution in [0.15, 0.2) is 54.6 Å². The summed E-state index contributed by atoms with van der Waals surface area (Å²) in [5, 5.41) is 0. The predicted molar refractivity (Wildman–Crippen MR) is 83.0 cm³/mol. The lowest BCUT2D eigenvalue weighted by atomic mass is 9.84. The first kappa shape index (κ1) is 15.4. The van der Waals surface area contributed by atoms with Gasteiger partial charge in [-0.1, -0.05) is 42.5 Å². The second kappa shape index (κ2) is 6.19. The van der Waals surface area contributed by atoms with Crippen molar-refractivity contribution in [3.05, 3.63) is 71.5 Å². The number of hydrogen-bond acceptors (Lipinski definition) is 2. The Kier molecular flexibility index (Phi) is 4.53. The van der Waals surface area contributed by atoms with E-state index < -0.39 is 5.54 Å². The molecule has 3 heteroatoms. The molecule has 110 valence electrons. The molecule has 0 heterocycles. The van der Waals surface area contributed by atoms with Gasteiger partial charge in [0, 0.05) is 5.56 Å². The maximum absolute atomic E-state index is 13.0. The summed E-state index contributed by atoms with van der Waals surface area (Å²) in [5.41, 5.74) is 0.965. The first-order valence-corrected chi connectivity index (χ1v) is 6.95. The van der Waals surface area contributed by atoms with E-state index in [1.807, 2.05) is 56.3 Å². The SMILES string of the molecule is CN(C)C(C)(Cc1ccc(F)cc1)C(=O)c1ccccc1. The number of ketones is 1. The highest BCUT2D eigenvalue weighted by Crippen LogP contribution is 2.24. The van der Waals surface area contributed by atoms with Crippen LogP contribution in [0.5, 0.6) is 0 Å². The lowest BCUT2D eigenvalue weighted by molar-refractivity contribution is 0.0719. The molecule has 0 aliphatic rings. The number of rotatable bonds is 5. The third kappa shape index (κ3) is 3.37. The zero-order valence-corrected chi connectivity index (χ0v) is 12.6. The van der Waals surface area contributed by atoms with Crippen molar-refractivity contribution in [3.63, 3.8) is 0 Å². The standard InChI is InChI=1S/C18H20FNO/c1-18(20(2)3,13-14-9-11-16(19)12-10-14)17(21)15-7-5-4-6-8-15/h4-12H,13H2,1-3H3. The number of benzene rings is 2. The van der Waals surface area contributed by atoms with Gasteiger partial charge in [0.2, 0.25) is 0 Å². The Morgan fingerprint density at radius 2 is 1.62 bits per heavy atom. The quantitative estimate of drug-likeness (QED) is 0.783. The smallest absolute Gasteiger partial charge is 0.183 e. The van der Waals surface area contributed by atoms with E-state index in [9.17, 15) is 9.18 Å². The third-order valence-corrected chi connectivity index (χ3v) is 3.97. The molecule has 1 atom stereocenters. The molecule has 0 saturated carbocycles. The van der Waals surface area contributed by atoms with Crippen LogP contribution >= 0.6 is 0 Å². The van der Waals surface area contributed by atoms with Gasteiger partial charge in [0.1, 0.15) is 5.82 Å². The molecular formula is C18H20FNO. The van der Waals surface area contributed by atoms with Crippen molar-refractivity contribution in [1.29, 1.82) is 0 Å². The summed E-state index contributed by atoms with van der Waals surface area (Å²) in [7, 11) is 3.79. The van der Waals surface area contributed by atoms with Gasteiger partial charge in [-0.3, -0.25) is 9.69 Å². The van der Waals surface area contributed by atoms with E-state index in [1.54, 1.807) is 12.1 Å². The van der Waals surface area contributed by atoms with Crippen LogP contribution in [-0.2, 0) is 6.42 Å². The van der Waals surface area contributed by atoms with Gasteiger partial charge < -0.3 is 0 Å². The van der Waals surface area contributed by atoms with Crippen molar-refractivity contribution >= 4 is 5.78 Å². The van der Waals surface area contributed by atoms with Gasteiger partial charge in [0.25, 0.3) is 0 Å². The zero-order valence-electron chi connectivity index (χ0n) is 12.6. The molecule has 0 aromatic heterocycles. The number of likely N-dealkylation sites (N-methyl/N-ethyl adjacent to an activating group) is 1. The Morgan fingerprint density at radius 3 is 2.14 bits per heavy atom. The first-order chi connectivity index (χ1) is 9.93. The largest absolute Gasteiger partial charge is 0.297 e. The van der Waals surface area contributed by atoms with Crippen molar-refractivity contribution in [2.45, 2.75) is 18.9 Å². The number of hydrogen-bond donors (Lipinski definition) is 0. The second-order valence-electron chi connectivity index (χ2n) is 5.67. The molecule has 1 unspecified atom stereocenters. The van der Waals surface area contributed by atoms with Crippen LogP contribution in [0.3, 0.4) is 0 Å². The minimum Gasteiger partial charge on any atom is -0.297 e. The molecule has 2 rings (SSSR count). The van der Waals surface area contributed by atoms with Crippen molar-refractivity contribution in [2.75, 3.05) is 14.1 Å². The van der Waals surface area contributed by atoms with E-state index in [-0.39, 0.29) is 11.6 Å². The fourth-order valence-electron chi connectivity index (χ4n) is 2.34. The summed E-state index contributed by atoms with van der Waals surface area (Å²) in [6.45, 7) is 1.92. The maximum Gasteiger partial charge on any atom is 0.183 e. The van der Waals surface area contributed by atoms with E-state index in [4.69, 9.17) is 0 Å². The van der Waals surface area contributed by atoms with E-state index in [0.717, 1.165) is 5.56 Å². The minimum absolute atomic E-state index is 0.0671. The van der Waals surface area contributed by atoms with Gasteiger partial charge >= 0.3 is 0 Å². The molecule has 0 saturated heterocycles. The van der Waals surface area contributed by atoms with Crippen LogP contribution in [0, 0.1) is 5.82 Å². The summed E-state index contributed by atoms with van der Waals surface area (Å²) in [6, 6.07) is 15.6.